The highest BCUT2D eigenvalue weighted by Crippen LogP contribution is 2.36. The average Bonchev–Trinajstić information content (AvgIpc) is 2.81. The van der Waals surface area contributed by atoms with Gasteiger partial charge < -0.3 is 15.4 Å². The highest BCUT2D eigenvalue weighted by atomic mass is 16.5. The molecule has 1 fully saturated rings. The number of nitrogens with one attached hydrogen (secondary N) is 2. The van der Waals surface area contributed by atoms with Gasteiger partial charge in [-0.1, -0.05) is 36.4 Å². The van der Waals surface area contributed by atoms with E-state index < -0.39 is 5.41 Å². The topological polar surface area (TPSA) is 80.3 Å². The Balaban J connectivity index is 1.52. The van der Waals surface area contributed by atoms with E-state index in [1.165, 1.54) is 0 Å². The van der Waals surface area contributed by atoms with Crippen LogP contribution in [0.5, 0.6) is 0 Å². The van der Waals surface area contributed by atoms with Crippen LogP contribution in [0.25, 0.3) is 0 Å². The lowest BCUT2D eigenvalue weighted by molar-refractivity contribution is -0.125. The van der Waals surface area contributed by atoms with Crippen LogP contribution in [0.1, 0.15) is 28.8 Å². The Morgan fingerprint density at radius 2 is 1.50 bits per heavy atom. The summed E-state index contributed by atoms with van der Waals surface area (Å²) in [5.41, 5.74) is 2.12. The fourth-order valence-electron chi connectivity index (χ4n) is 3.76. The number of aromatic nitrogens is 1. The first-order chi connectivity index (χ1) is 14.7. The van der Waals surface area contributed by atoms with Gasteiger partial charge in [-0.15, -0.1) is 0 Å². The standard InChI is InChI=1S/C24H23N3O3/c28-22(18-9-13-25-14-10-18)26-20-7-4-8-21(17-20)27-23(29)24(11-15-30-16-12-24)19-5-2-1-3-6-19/h1-10,13-14,17H,11-12,15-16H2,(H,26,28)(H,27,29). The molecule has 3 aromatic rings. The molecule has 1 aromatic heterocycles. The summed E-state index contributed by atoms with van der Waals surface area (Å²) in [5.74, 6) is -0.291. The molecular formula is C24H23N3O3. The maximum atomic E-state index is 13.4. The molecule has 6 heteroatoms. The third-order valence-corrected chi connectivity index (χ3v) is 5.43. The minimum absolute atomic E-state index is 0.0605. The Labute approximate surface area is 175 Å². The molecule has 6 nitrogen and oxygen atoms in total. The zero-order valence-corrected chi connectivity index (χ0v) is 16.5. The van der Waals surface area contributed by atoms with Crippen molar-refractivity contribution in [1.29, 1.82) is 0 Å². The molecule has 2 aromatic carbocycles. The number of amides is 2. The molecule has 0 unspecified atom stereocenters. The average molecular weight is 401 g/mol. The summed E-state index contributed by atoms with van der Waals surface area (Å²) in [6.07, 6.45) is 4.40. The first kappa shape index (κ1) is 19.8. The highest BCUT2D eigenvalue weighted by Gasteiger charge is 2.41. The summed E-state index contributed by atoms with van der Waals surface area (Å²) in [5, 5.41) is 5.90. The van der Waals surface area contributed by atoms with Crippen molar-refractivity contribution in [1.82, 2.24) is 4.98 Å². The van der Waals surface area contributed by atoms with Crippen LogP contribution < -0.4 is 10.6 Å². The molecule has 2 heterocycles. The molecule has 0 radical (unpaired) electrons. The number of carbonyl (C=O) groups is 2. The molecule has 2 N–H and O–H groups in total. The van der Waals surface area contributed by atoms with E-state index in [1.54, 1.807) is 42.7 Å². The number of pyridine rings is 1. The van der Waals surface area contributed by atoms with Crippen LogP contribution >= 0.6 is 0 Å². The number of anilines is 2. The van der Waals surface area contributed by atoms with Gasteiger partial charge in [0.25, 0.3) is 5.91 Å². The third-order valence-electron chi connectivity index (χ3n) is 5.43. The summed E-state index contributed by atoms with van der Waals surface area (Å²) < 4.78 is 5.52. The molecule has 0 spiro atoms. The van der Waals surface area contributed by atoms with Crippen LogP contribution in [-0.4, -0.2) is 30.0 Å². The molecule has 2 amide bonds. The summed E-state index contributed by atoms with van der Waals surface area (Å²) in [6, 6.07) is 20.3. The second-order valence-corrected chi connectivity index (χ2v) is 7.29. The Morgan fingerprint density at radius 1 is 0.833 bits per heavy atom. The van der Waals surface area contributed by atoms with Crippen molar-refractivity contribution in [2.45, 2.75) is 18.3 Å². The van der Waals surface area contributed by atoms with Crippen LogP contribution in [-0.2, 0) is 14.9 Å². The summed E-state index contributed by atoms with van der Waals surface area (Å²) in [7, 11) is 0. The lowest BCUT2D eigenvalue weighted by atomic mass is 9.73. The van der Waals surface area contributed by atoms with Crippen LogP contribution in [0.3, 0.4) is 0 Å². The SMILES string of the molecule is O=C(Nc1cccc(NC(=O)C2(c3ccccc3)CCOCC2)c1)c1ccncc1. The fourth-order valence-corrected chi connectivity index (χ4v) is 3.76. The van der Waals surface area contributed by atoms with Crippen LogP contribution in [0.4, 0.5) is 11.4 Å². The predicted molar refractivity (Wildman–Crippen MR) is 115 cm³/mol. The van der Waals surface area contributed by atoms with Gasteiger partial charge in [-0.2, -0.15) is 0 Å². The van der Waals surface area contributed by atoms with Crippen molar-refractivity contribution < 1.29 is 14.3 Å². The normalized spacial score (nSPS) is 15.2. The summed E-state index contributed by atoms with van der Waals surface area (Å²) >= 11 is 0. The third kappa shape index (κ3) is 4.23. The van der Waals surface area contributed by atoms with E-state index in [1.807, 2.05) is 36.4 Å². The smallest absolute Gasteiger partial charge is 0.255 e. The second kappa shape index (κ2) is 8.88. The molecule has 0 saturated carbocycles. The van der Waals surface area contributed by atoms with Crippen LogP contribution in [0.15, 0.2) is 79.1 Å². The molecule has 1 saturated heterocycles. The number of carbonyl (C=O) groups excluding carboxylic acids is 2. The number of nitrogens with zero attached hydrogens (tertiary/aromatic N) is 1. The van der Waals surface area contributed by atoms with Gasteiger partial charge in [0.05, 0.1) is 5.41 Å². The van der Waals surface area contributed by atoms with E-state index in [-0.39, 0.29) is 11.8 Å². The molecule has 30 heavy (non-hydrogen) atoms. The van der Waals surface area contributed by atoms with Gasteiger partial charge in [-0.3, -0.25) is 14.6 Å². The molecule has 152 valence electrons. The number of hydrogen-bond donors (Lipinski definition) is 2. The zero-order valence-electron chi connectivity index (χ0n) is 16.5. The quantitative estimate of drug-likeness (QED) is 0.677. The van der Waals surface area contributed by atoms with Gasteiger partial charge in [0.1, 0.15) is 0 Å². The molecule has 0 aliphatic carbocycles. The minimum Gasteiger partial charge on any atom is -0.381 e. The molecule has 1 aliphatic rings. The van der Waals surface area contributed by atoms with E-state index in [0.717, 1.165) is 5.56 Å². The van der Waals surface area contributed by atoms with Crippen molar-refractivity contribution in [2.75, 3.05) is 23.8 Å². The lowest BCUT2D eigenvalue weighted by Gasteiger charge is -2.36. The number of ether oxygens (including phenoxy) is 1. The molecular weight excluding hydrogens is 378 g/mol. The van der Waals surface area contributed by atoms with Crippen molar-refractivity contribution in [3.05, 3.63) is 90.3 Å². The van der Waals surface area contributed by atoms with E-state index in [0.29, 0.717) is 43.0 Å². The van der Waals surface area contributed by atoms with Gasteiger partial charge in [0.15, 0.2) is 0 Å². The second-order valence-electron chi connectivity index (χ2n) is 7.29. The molecule has 0 bridgehead atoms. The lowest BCUT2D eigenvalue weighted by Crippen LogP contribution is -2.44. The number of hydrogen-bond acceptors (Lipinski definition) is 4. The predicted octanol–water partition coefficient (Wildman–Crippen LogP) is 4.02. The summed E-state index contributed by atoms with van der Waals surface area (Å²) in [6.45, 7) is 1.09. The van der Waals surface area contributed by atoms with E-state index in [2.05, 4.69) is 15.6 Å². The maximum absolute atomic E-state index is 13.4. The summed E-state index contributed by atoms with van der Waals surface area (Å²) in [4.78, 5) is 29.7. The van der Waals surface area contributed by atoms with E-state index in [4.69, 9.17) is 4.74 Å². The fraction of sp³-hybridized carbons (Fsp3) is 0.208. The minimum atomic E-state index is -0.629. The van der Waals surface area contributed by atoms with Crippen LogP contribution in [0, 0.1) is 0 Å². The van der Waals surface area contributed by atoms with Crippen molar-refractivity contribution in [3.63, 3.8) is 0 Å². The Hall–Kier alpha value is -3.51. The molecule has 0 atom stereocenters. The van der Waals surface area contributed by atoms with Crippen molar-refractivity contribution in [2.24, 2.45) is 0 Å². The van der Waals surface area contributed by atoms with Gasteiger partial charge >= 0.3 is 0 Å². The Morgan fingerprint density at radius 3 is 2.20 bits per heavy atom. The maximum Gasteiger partial charge on any atom is 0.255 e. The van der Waals surface area contributed by atoms with Gasteiger partial charge in [0, 0.05) is 42.5 Å². The highest BCUT2D eigenvalue weighted by molar-refractivity contribution is 6.05. The van der Waals surface area contributed by atoms with Gasteiger partial charge in [-0.05, 0) is 48.7 Å². The van der Waals surface area contributed by atoms with Gasteiger partial charge in [0.2, 0.25) is 5.91 Å². The zero-order chi connectivity index (χ0) is 20.8. The van der Waals surface area contributed by atoms with Crippen molar-refractivity contribution in [3.8, 4) is 0 Å². The number of benzene rings is 2. The van der Waals surface area contributed by atoms with Crippen molar-refractivity contribution >= 4 is 23.2 Å². The first-order valence-corrected chi connectivity index (χ1v) is 9.94. The Bertz CT molecular complexity index is 1020. The molecule has 4 rings (SSSR count). The first-order valence-electron chi connectivity index (χ1n) is 9.94. The molecule has 1 aliphatic heterocycles. The number of rotatable bonds is 5. The Kier molecular flexibility index (Phi) is 5.86. The van der Waals surface area contributed by atoms with Gasteiger partial charge in [-0.25, -0.2) is 0 Å². The van der Waals surface area contributed by atoms with E-state index >= 15 is 0 Å². The van der Waals surface area contributed by atoms with Crippen LogP contribution in [0.2, 0.25) is 0 Å². The largest absolute Gasteiger partial charge is 0.381 e. The van der Waals surface area contributed by atoms with E-state index in [9.17, 15) is 9.59 Å². The monoisotopic (exact) mass is 401 g/mol.